The molecule has 6 atom stereocenters. The average molecular weight is 1490 g/mol. The fourth-order valence-corrected chi connectivity index (χ4v) is 14.5. The Morgan fingerprint density at radius 1 is 0.275 bits per heavy atom. The number of unbranched alkanes of at least 4 members (excludes halogenated alkanes) is 54. The summed E-state index contributed by atoms with van der Waals surface area (Å²) in [5.74, 6) is -1.37. The van der Waals surface area contributed by atoms with Gasteiger partial charge >= 0.3 is 39.5 Å². The molecular weight excluding hydrogens is 1330 g/mol. The Kier molecular flexibility index (Phi) is 74.4. The van der Waals surface area contributed by atoms with Crippen LogP contribution < -0.4 is 0 Å². The highest BCUT2D eigenvalue weighted by Crippen LogP contribution is 2.45. The minimum absolute atomic E-state index is 0.107. The molecular formula is C83H162O17P2. The van der Waals surface area contributed by atoms with Gasteiger partial charge in [-0.15, -0.1) is 0 Å². The van der Waals surface area contributed by atoms with Gasteiger partial charge < -0.3 is 33.8 Å². The van der Waals surface area contributed by atoms with Gasteiger partial charge in [-0.3, -0.25) is 37.3 Å². The van der Waals surface area contributed by atoms with Gasteiger partial charge in [-0.05, 0) is 31.6 Å². The molecule has 0 spiro atoms. The molecule has 0 aromatic rings. The third-order valence-electron chi connectivity index (χ3n) is 19.9. The minimum atomic E-state index is -4.96. The zero-order valence-corrected chi connectivity index (χ0v) is 68.5. The summed E-state index contributed by atoms with van der Waals surface area (Å²) >= 11 is 0. The lowest BCUT2D eigenvalue weighted by Gasteiger charge is -2.21. The summed E-state index contributed by atoms with van der Waals surface area (Å²) in [6, 6.07) is 0. The quantitative estimate of drug-likeness (QED) is 0.0222. The maximum Gasteiger partial charge on any atom is 0.472 e. The van der Waals surface area contributed by atoms with Crippen LogP contribution in [-0.4, -0.2) is 96.7 Å². The van der Waals surface area contributed by atoms with Crippen molar-refractivity contribution in [2.45, 2.75) is 464 Å². The molecule has 0 amide bonds. The summed E-state index contributed by atoms with van der Waals surface area (Å²) in [5.41, 5.74) is 0. The molecule has 0 saturated heterocycles. The van der Waals surface area contributed by atoms with E-state index >= 15 is 0 Å². The summed E-state index contributed by atoms with van der Waals surface area (Å²) in [5, 5.41) is 10.7. The summed E-state index contributed by atoms with van der Waals surface area (Å²) in [7, 11) is -9.92. The smallest absolute Gasteiger partial charge is 0.462 e. The Morgan fingerprint density at radius 2 is 0.471 bits per heavy atom. The van der Waals surface area contributed by atoms with E-state index in [1.54, 1.807) is 0 Å². The highest BCUT2D eigenvalue weighted by molar-refractivity contribution is 7.47. The van der Waals surface area contributed by atoms with Gasteiger partial charge in [0, 0.05) is 25.7 Å². The molecule has 0 heterocycles. The van der Waals surface area contributed by atoms with Crippen LogP contribution in [0, 0.1) is 5.92 Å². The van der Waals surface area contributed by atoms with Crippen LogP contribution in [0.2, 0.25) is 0 Å². The van der Waals surface area contributed by atoms with E-state index in [1.165, 1.54) is 263 Å². The van der Waals surface area contributed by atoms with Crippen molar-refractivity contribution < 1.29 is 80.2 Å². The second kappa shape index (κ2) is 75.9. The van der Waals surface area contributed by atoms with E-state index < -0.39 is 97.5 Å². The highest BCUT2D eigenvalue weighted by atomic mass is 31.2. The molecule has 0 aliphatic heterocycles. The van der Waals surface area contributed by atoms with Gasteiger partial charge in [-0.2, -0.15) is 0 Å². The lowest BCUT2D eigenvalue weighted by molar-refractivity contribution is -0.161. The second-order valence-corrected chi connectivity index (χ2v) is 33.0. The molecule has 0 fully saturated rings. The number of hydrogen-bond acceptors (Lipinski definition) is 15. The van der Waals surface area contributed by atoms with Gasteiger partial charge in [0.15, 0.2) is 12.2 Å². The van der Waals surface area contributed by atoms with Crippen molar-refractivity contribution in [3.63, 3.8) is 0 Å². The number of aliphatic hydroxyl groups is 1. The van der Waals surface area contributed by atoms with Crippen LogP contribution in [0.15, 0.2) is 0 Å². The molecule has 0 aromatic carbocycles. The largest absolute Gasteiger partial charge is 0.472 e. The topological polar surface area (TPSA) is 237 Å². The zero-order valence-electron chi connectivity index (χ0n) is 66.8. The number of carbonyl (C=O) groups is 4. The van der Waals surface area contributed by atoms with E-state index in [9.17, 15) is 43.2 Å². The molecule has 3 N–H and O–H groups in total. The van der Waals surface area contributed by atoms with Gasteiger partial charge in [-0.25, -0.2) is 9.13 Å². The van der Waals surface area contributed by atoms with Crippen molar-refractivity contribution in [1.82, 2.24) is 0 Å². The number of hydrogen-bond donors (Lipinski definition) is 3. The number of rotatable bonds is 83. The first-order valence-electron chi connectivity index (χ1n) is 43.2. The normalized spacial score (nSPS) is 14.1. The van der Waals surface area contributed by atoms with Crippen molar-refractivity contribution in [3.8, 4) is 0 Å². The first-order chi connectivity index (χ1) is 49.6. The van der Waals surface area contributed by atoms with E-state index in [0.29, 0.717) is 25.7 Å². The van der Waals surface area contributed by atoms with E-state index in [0.717, 1.165) is 102 Å². The number of phosphoric ester groups is 2. The number of aliphatic hydroxyl groups excluding tert-OH is 1. The van der Waals surface area contributed by atoms with Crippen molar-refractivity contribution in [1.29, 1.82) is 0 Å². The SMILES string of the molecule is CCCCCCCCCCCCCCCCCCCCCCCCC(=O)O[C@H](COC(=O)CCCCCCCCCCCCCCCCCC)COP(=O)(O)OC[C@@H](O)COP(=O)(O)OC[C@@H](COC(=O)CCCCCCCCC(C)CC)OC(=O)CCCCCCCCCCCCCCCC. The van der Waals surface area contributed by atoms with E-state index in [1.807, 2.05) is 0 Å². The molecule has 606 valence electrons. The summed E-state index contributed by atoms with van der Waals surface area (Å²) < 4.78 is 68.8. The number of phosphoric acid groups is 2. The molecule has 0 aliphatic rings. The van der Waals surface area contributed by atoms with Crippen LogP contribution in [0.1, 0.15) is 446 Å². The lowest BCUT2D eigenvalue weighted by Crippen LogP contribution is -2.30. The second-order valence-electron chi connectivity index (χ2n) is 30.1. The predicted octanol–water partition coefficient (Wildman–Crippen LogP) is 25.2. The maximum absolute atomic E-state index is 13.1. The van der Waals surface area contributed by atoms with Gasteiger partial charge in [0.1, 0.15) is 19.3 Å². The average Bonchev–Trinajstić information content (AvgIpc) is 0.934. The van der Waals surface area contributed by atoms with Crippen LogP contribution in [0.3, 0.4) is 0 Å². The van der Waals surface area contributed by atoms with Gasteiger partial charge in [0.05, 0.1) is 26.4 Å². The van der Waals surface area contributed by atoms with Gasteiger partial charge in [0.2, 0.25) is 0 Å². The molecule has 17 nitrogen and oxygen atoms in total. The molecule has 0 saturated carbocycles. The fraction of sp³-hybridized carbons (Fsp3) is 0.952. The van der Waals surface area contributed by atoms with Crippen LogP contribution >= 0.6 is 15.6 Å². The molecule has 0 aliphatic carbocycles. The Labute approximate surface area is 626 Å². The Balaban J connectivity index is 5.21. The van der Waals surface area contributed by atoms with Crippen LogP contribution in [0.25, 0.3) is 0 Å². The zero-order chi connectivity index (χ0) is 74.8. The molecule has 0 aromatic heterocycles. The van der Waals surface area contributed by atoms with Crippen LogP contribution in [0.4, 0.5) is 0 Å². The van der Waals surface area contributed by atoms with Gasteiger partial charge in [0.25, 0.3) is 0 Å². The van der Waals surface area contributed by atoms with Crippen LogP contribution in [-0.2, 0) is 65.4 Å². The minimum Gasteiger partial charge on any atom is -0.462 e. The monoisotopic (exact) mass is 1490 g/mol. The van der Waals surface area contributed by atoms with Crippen LogP contribution in [0.5, 0.6) is 0 Å². The molecule has 19 heteroatoms. The fourth-order valence-electron chi connectivity index (χ4n) is 12.9. The van der Waals surface area contributed by atoms with E-state index in [4.69, 9.17) is 37.0 Å². The van der Waals surface area contributed by atoms with E-state index in [-0.39, 0.29) is 25.7 Å². The maximum atomic E-state index is 13.1. The Bertz CT molecular complexity index is 1950. The number of ether oxygens (including phenoxy) is 4. The number of carbonyl (C=O) groups excluding carboxylic acids is 4. The summed E-state index contributed by atoms with van der Waals surface area (Å²) in [6.45, 7) is 7.30. The molecule has 0 bridgehead atoms. The predicted molar refractivity (Wildman–Crippen MR) is 418 cm³/mol. The van der Waals surface area contributed by atoms with Gasteiger partial charge in [-0.1, -0.05) is 394 Å². The first-order valence-corrected chi connectivity index (χ1v) is 46.2. The third-order valence-corrected chi connectivity index (χ3v) is 21.8. The third kappa shape index (κ3) is 74.9. The molecule has 0 rings (SSSR count). The molecule has 3 unspecified atom stereocenters. The Hall–Kier alpha value is -1.94. The highest BCUT2D eigenvalue weighted by Gasteiger charge is 2.30. The lowest BCUT2D eigenvalue weighted by atomic mass is 10.00. The first kappa shape index (κ1) is 100. The number of esters is 4. The standard InChI is InChI=1S/C83H162O17P2/c1-6-10-13-16-19-22-25-28-31-33-34-35-36-37-38-40-43-46-49-52-59-64-69-82(87)99-78(72-93-80(85)66-61-56-50-47-44-42-39-32-29-26-23-20-17-14-11-7-2)74-97-101(89,90)95-70-77(84)71-96-102(91,92)98-75-79(73-94-81(86)67-62-57-54-53-55-60-65-76(5)9-4)100-83(88)68-63-58-51-48-45-41-30-27-24-21-18-15-12-8-3/h76-79,84H,6-75H2,1-5H3,(H,89,90)(H,91,92)/t76?,77-,78-,79-/m1/s1. The Morgan fingerprint density at radius 3 is 0.696 bits per heavy atom. The summed E-state index contributed by atoms with van der Waals surface area (Å²) in [6.07, 6.45) is 68.1. The van der Waals surface area contributed by atoms with Crippen molar-refractivity contribution in [2.75, 3.05) is 39.6 Å². The van der Waals surface area contributed by atoms with Crippen molar-refractivity contribution in [2.24, 2.45) is 5.92 Å². The molecule has 102 heavy (non-hydrogen) atoms. The van der Waals surface area contributed by atoms with E-state index in [2.05, 4.69) is 34.6 Å². The summed E-state index contributed by atoms with van der Waals surface area (Å²) in [4.78, 5) is 73.1. The van der Waals surface area contributed by atoms with Crippen molar-refractivity contribution >= 4 is 39.5 Å². The molecule has 0 radical (unpaired) electrons. The van der Waals surface area contributed by atoms with Crippen molar-refractivity contribution in [3.05, 3.63) is 0 Å².